The van der Waals surface area contributed by atoms with E-state index in [1.165, 1.54) is 40.4 Å². The Hall–Kier alpha value is -3.24. The summed E-state index contributed by atoms with van der Waals surface area (Å²) in [6, 6.07) is 16.6. The fraction of sp³-hybridized carbons (Fsp3) is 0.105. The number of carbonyl (C=O) groups excluding carboxylic acids is 1. The minimum atomic E-state index is -0.632. The molecule has 1 unspecified atom stereocenters. The van der Waals surface area contributed by atoms with Crippen molar-refractivity contribution < 1.29 is 9.53 Å². The number of benzene rings is 2. The van der Waals surface area contributed by atoms with E-state index in [9.17, 15) is 4.79 Å². The molecule has 1 N–H and O–H groups in total. The molecular formula is C19H16N6O2S2. The summed E-state index contributed by atoms with van der Waals surface area (Å²) in [5, 5.41) is 15.7. The molecule has 10 heteroatoms. The minimum Gasteiger partial charge on any atom is -0.495 e. The third-order valence-electron chi connectivity index (χ3n) is 3.93. The normalized spacial score (nSPS) is 11.8. The van der Waals surface area contributed by atoms with Gasteiger partial charge in [-0.15, -0.1) is 10.2 Å². The van der Waals surface area contributed by atoms with Gasteiger partial charge in [0.05, 0.1) is 12.8 Å². The SMILES string of the molecule is COc1ccccc1Nc1nnc(SC(C(=O)c2ccccc2)n2cncn2)s1. The van der Waals surface area contributed by atoms with Gasteiger partial charge in [-0.25, -0.2) is 9.67 Å². The van der Waals surface area contributed by atoms with E-state index in [-0.39, 0.29) is 5.78 Å². The first-order valence-corrected chi connectivity index (χ1v) is 10.3. The molecule has 146 valence electrons. The second-order valence-corrected chi connectivity index (χ2v) is 8.08. The van der Waals surface area contributed by atoms with Crippen LogP contribution >= 0.6 is 23.1 Å². The number of hydrogen-bond acceptors (Lipinski definition) is 9. The van der Waals surface area contributed by atoms with Crippen LogP contribution in [0.15, 0.2) is 71.6 Å². The molecule has 0 aliphatic heterocycles. The quantitative estimate of drug-likeness (QED) is 0.334. The number of anilines is 2. The summed E-state index contributed by atoms with van der Waals surface area (Å²) in [5.74, 6) is 0.618. The van der Waals surface area contributed by atoms with Gasteiger partial charge in [0.15, 0.2) is 15.5 Å². The minimum absolute atomic E-state index is 0.0875. The summed E-state index contributed by atoms with van der Waals surface area (Å²) in [6.45, 7) is 0. The molecule has 4 aromatic rings. The van der Waals surface area contributed by atoms with Crippen molar-refractivity contribution in [1.82, 2.24) is 25.0 Å². The number of carbonyl (C=O) groups is 1. The maximum absolute atomic E-state index is 13.0. The van der Waals surface area contributed by atoms with Gasteiger partial charge < -0.3 is 10.1 Å². The molecule has 0 amide bonds. The van der Waals surface area contributed by atoms with Crippen LogP contribution in [-0.2, 0) is 0 Å². The number of nitrogens with one attached hydrogen (secondary N) is 1. The van der Waals surface area contributed by atoms with E-state index in [0.29, 0.717) is 20.8 Å². The molecule has 1 atom stereocenters. The highest BCUT2D eigenvalue weighted by Gasteiger charge is 2.26. The molecule has 4 rings (SSSR count). The maximum Gasteiger partial charge on any atom is 0.211 e. The Morgan fingerprint density at radius 1 is 1.14 bits per heavy atom. The van der Waals surface area contributed by atoms with Crippen LogP contribution in [0.5, 0.6) is 5.75 Å². The van der Waals surface area contributed by atoms with E-state index < -0.39 is 5.37 Å². The number of para-hydroxylation sites is 2. The number of ketones is 1. The molecule has 29 heavy (non-hydrogen) atoms. The van der Waals surface area contributed by atoms with Gasteiger partial charge in [0.2, 0.25) is 5.13 Å². The molecule has 2 aromatic heterocycles. The van der Waals surface area contributed by atoms with Crippen LogP contribution in [0, 0.1) is 0 Å². The Labute approximate surface area is 175 Å². The van der Waals surface area contributed by atoms with Gasteiger partial charge in [0.1, 0.15) is 18.4 Å². The third-order valence-corrected chi connectivity index (χ3v) is 6.04. The zero-order valence-corrected chi connectivity index (χ0v) is 16.9. The summed E-state index contributed by atoms with van der Waals surface area (Å²) in [6.07, 6.45) is 2.92. The molecule has 2 heterocycles. The van der Waals surface area contributed by atoms with Gasteiger partial charge in [-0.1, -0.05) is 65.6 Å². The predicted molar refractivity (Wildman–Crippen MR) is 112 cm³/mol. The third kappa shape index (κ3) is 4.44. The lowest BCUT2D eigenvalue weighted by Crippen LogP contribution is -2.17. The van der Waals surface area contributed by atoms with E-state index in [4.69, 9.17) is 4.74 Å². The first-order chi connectivity index (χ1) is 14.2. The van der Waals surface area contributed by atoms with Crippen molar-refractivity contribution in [3.63, 3.8) is 0 Å². The largest absolute Gasteiger partial charge is 0.495 e. The molecule has 0 saturated carbocycles. The standard InChI is InChI=1S/C19H16N6O2S2/c1-27-15-10-6-5-9-14(15)22-18-23-24-19(29-18)28-17(25-12-20-11-21-25)16(26)13-7-3-2-4-8-13/h2-12,17H,1H3,(H,22,23). The fourth-order valence-electron chi connectivity index (χ4n) is 2.58. The average molecular weight is 425 g/mol. The Kier molecular flexibility index (Phi) is 5.82. The molecule has 8 nitrogen and oxygen atoms in total. The van der Waals surface area contributed by atoms with Crippen LogP contribution in [0.3, 0.4) is 0 Å². The number of rotatable bonds is 8. The first kappa shape index (κ1) is 19.1. The van der Waals surface area contributed by atoms with E-state index in [1.54, 1.807) is 19.2 Å². The monoisotopic (exact) mass is 424 g/mol. The number of Topliss-reactive ketones (excluding diaryl/α,β-unsaturated/α-hetero) is 1. The highest BCUT2D eigenvalue weighted by molar-refractivity contribution is 8.01. The van der Waals surface area contributed by atoms with E-state index in [2.05, 4.69) is 25.6 Å². The molecule has 0 bridgehead atoms. The maximum atomic E-state index is 13.0. The lowest BCUT2D eigenvalue weighted by molar-refractivity contribution is 0.0962. The van der Waals surface area contributed by atoms with Gasteiger partial charge in [0.25, 0.3) is 0 Å². The Morgan fingerprint density at radius 3 is 2.69 bits per heavy atom. The van der Waals surface area contributed by atoms with Gasteiger partial charge in [0, 0.05) is 5.56 Å². The van der Waals surface area contributed by atoms with Crippen LogP contribution in [0.25, 0.3) is 0 Å². The first-order valence-electron chi connectivity index (χ1n) is 8.58. The van der Waals surface area contributed by atoms with Crippen molar-refractivity contribution in [2.75, 3.05) is 12.4 Å². The smallest absolute Gasteiger partial charge is 0.211 e. The number of nitrogens with zero attached hydrogens (tertiary/aromatic N) is 5. The van der Waals surface area contributed by atoms with Crippen LogP contribution in [-0.4, -0.2) is 37.9 Å². The molecule has 0 aliphatic rings. The van der Waals surface area contributed by atoms with Crippen molar-refractivity contribution >= 4 is 39.7 Å². The van der Waals surface area contributed by atoms with Gasteiger partial charge >= 0.3 is 0 Å². The van der Waals surface area contributed by atoms with Crippen LogP contribution in [0.4, 0.5) is 10.8 Å². The van der Waals surface area contributed by atoms with Crippen LogP contribution in [0.1, 0.15) is 15.7 Å². The number of methoxy groups -OCH3 is 1. The molecule has 0 aliphatic carbocycles. The zero-order valence-electron chi connectivity index (χ0n) is 15.3. The Balaban J connectivity index is 1.55. The highest BCUT2D eigenvalue weighted by atomic mass is 32.2. The topological polar surface area (TPSA) is 94.8 Å². The summed E-state index contributed by atoms with van der Waals surface area (Å²) < 4.78 is 7.50. The number of thioether (sulfide) groups is 1. The van der Waals surface area contributed by atoms with Crippen LogP contribution < -0.4 is 10.1 Å². The van der Waals surface area contributed by atoms with Crippen LogP contribution in [0.2, 0.25) is 0 Å². The Bertz CT molecular complexity index is 1090. The summed E-state index contributed by atoms with van der Waals surface area (Å²) in [7, 11) is 1.61. The zero-order chi connectivity index (χ0) is 20.1. The second kappa shape index (κ2) is 8.84. The lowest BCUT2D eigenvalue weighted by atomic mass is 10.1. The van der Waals surface area contributed by atoms with Crippen molar-refractivity contribution in [2.24, 2.45) is 0 Å². The van der Waals surface area contributed by atoms with E-state index >= 15 is 0 Å². The number of aromatic nitrogens is 5. The number of hydrogen-bond donors (Lipinski definition) is 1. The molecule has 0 fully saturated rings. The van der Waals surface area contributed by atoms with Crippen molar-refractivity contribution in [3.8, 4) is 5.75 Å². The summed E-state index contributed by atoms with van der Waals surface area (Å²) >= 11 is 2.62. The molecular weight excluding hydrogens is 408 g/mol. The lowest BCUT2D eigenvalue weighted by Gasteiger charge is -2.13. The molecule has 0 saturated heterocycles. The van der Waals surface area contributed by atoms with Crippen molar-refractivity contribution in [2.45, 2.75) is 9.71 Å². The predicted octanol–water partition coefficient (Wildman–Crippen LogP) is 4.06. The van der Waals surface area contributed by atoms with Crippen molar-refractivity contribution in [1.29, 1.82) is 0 Å². The summed E-state index contributed by atoms with van der Waals surface area (Å²) in [4.78, 5) is 17.0. The van der Waals surface area contributed by atoms with E-state index in [0.717, 1.165) is 5.69 Å². The van der Waals surface area contributed by atoms with Crippen molar-refractivity contribution in [3.05, 3.63) is 72.8 Å². The van der Waals surface area contributed by atoms with Gasteiger partial charge in [-0.05, 0) is 12.1 Å². The molecule has 0 radical (unpaired) electrons. The fourth-order valence-corrected chi connectivity index (χ4v) is 4.51. The number of ether oxygens (including phenoxy) is 1. The van der Waals surface area contributed by atoms with E-state index in [1.807, 2.05) is 42.5 Å². The average Bonchev–Trinajstić information content (AvgIpc) is 3.45. The highest BCUT2D eigenvalue weighted by Crippen LogP contribution is 2.37. The van der Waals surface area contributed by atoms with Gasteiger partial charge in [-0.2, -0.15) is 5.10 Å². The molecule has 0 spiro atoms. The Morgan fingerprint density at radius 2 is 1.93 bits per heavy atom. The second-order valence-electron chi connectivity index (χ2n) is 5.77. The van der Waals surface area contributed by atoms with Gasteiger partial charge in [-0.3, -0.25) is 4.79 Å². The molecule has 2 aromatic carbocycles. The summed E-state index contributed by atoms with van der Waals surface area (Å²) in [5.41, 5.74) is 1.38.